The summed E-state index contributed by atoms with van der Waals surface area (Å²) in [6.45, 7) is 7.46. The fourth-order valence-corrected chi connectivity index (χ4v) is 4.12. The van der Waals surface area contributed by atoms with Crippen LogP contribution in [0.5, 0.6) is 0 Å². The Morgan fingerprint density at radius 1 is 1.13 bits per heavy atom. The lowest BCUT2D eigenvalue weighted by Crippen LogP contribution is -2.23. The molecule has 6 nitrogen and oxygen atoms in total. The number of benzene rings is 2. The second-order valence-corrected chi connectivity index (χ2v) is 8.17. The molecule has 0 saturated carbocycles. The van der Waals surface area contributed by atoms with Gasteiger partial charge in [-0.2, -0.15) is 0 Å². The zero-order valence-electron chi connectivity index (χ0n) is 17.7. The molecule has 0 unspecified atom stereocenters. The molecule has 1 aliphatic rings. The van der Waals surface area contributed by atoms with E-state index in [0.717, 1.165) is 27.9 Å². The second-order valence-electron chi connectivity index (χ2n) is 7.33. The maximum Gasteiger partial charge on any atom is 0.363 e. The number of hydrogen-bond acceptors (Lipinski definition) is 6. The van der Waals surface area contributed by atoms with E-state index in [1.165, 1.54) is 18.3 Å². The molecule has 0 N–H and O–H groups in total. The second kappa shape index (κ2) is 8.28. The van der Waals surface area contributed by atoms with Crippen LogP contribution in [0.2, 0.25) is 0 Å². The molecule has 0 spiro atoms. The molecular weight excluding hydrogens is 410 g/mol. The van der Waals surface area contributed by atoms with Gasteiger partial charge in [0, 0.05) is 17.9 Å². The number of aryl methyl sites for hydroxylation is 2. The van der Waals surface area contributed by atoms with Crippen LogP contribution in [-0.2, 0) is 14.3 Å². The maximum absolute atomic E-state index is 12.4. The van der Waals surface area contributed by atoms with Gasteiger partial charge in [0.1, 0.15) is 0 Å². The number of carbonyl (C=O) groups excluding carboxylic acids is 2. The summed E-state index contributed by atoms with van der Waals surface area (Å²) >= 11 is 1.33. The molecule has 156 valence electrons. The van der Waals surface area contributed by atoms with Gasteiger partial charge in [-0.25, -0.2) is 14.8 Å². The van der Waals surface area contributed by atoms with Crippen molar-refractivity contribution in [3.63, 3.8) is 0 Å². The average Bonchev–Trinajstić information content (AvgIpc) is 3.32. The van der Waals surface area contributed by atoms with E-state index in [1.54, 1.807) is 16.4 Å². The van der Waals surface area contributed by atoms with Crippen molar-refractivity contribution < 1.29 is 14.3 Å². The van der Waals surface area contributed by atoms with Crippen LogP contribution in [0.15, 0.2) is 58.5 Å². The average molecular weight is 432 g/mol. The largest absolute Gasteiger partial charge is 0.402 e. The van der Waals surface area contributed by atoms with Crippen molar-refractivity contribution >= 4 is 46.0 Å². The lowest BCUT2D eigenvalue weighted by molar-refractivity contribution is -0.130. The molecule has 0 atom stereocenters. The van der Waals surface area contributed by atoms with Crippen molar-refractivity contribution in [1.82, 2.24) is 4.98 Å². The molecule has 0 fully saturated rings. The number of hydrogen-bond donors (Lipinski definition) is 0. The lowest BCUT2D eigenvalue weighted by Gasteiger charge is -2.21. The monoisotopic (exact) mass is 431 g/mol. The van der Waals surface area contributed by atoms with E-state index in [0.29, 0.717) is 10.8 Å². The third kappa shape index (κ3) is 4.18. The fourth-order valence-electron chi connectivity index (χ4n) is 3.28. The number of cyclic esters (lactones) is 1. The molecule has 1 amide bonds. The van der Waals surface area contributed by atoms with Gasteiger partial charge >= 0.3 is 5.97 Å². The summed E-state index contributed by atoms with van der Waals surface area (Å²) < 4.78 is 5.33. The van der Waals surface area contributed by atoms with E-state index in [1.807, 2.05) is 63.2 Å². The molecule has 2 aromatic carbocycles. The smallest absolute Gasteiger partial charge is 0.363 e. The molecule has 7 heteroatoms. The fraction of sp³-hybridized carbons (Fsp3) is 0.167. The van der Waals surface area contributed by atoms with Crippen LogP contribution in [0.4, 0.5) is 10.8 Å². The predicted octanol–water partition coefficient (Wildman–Crippen LogP) is 5.10. The number of carbonyl (C=O) groups is 2. The number of amides is 1. The minimum atomic E-state index is -0.524. The van der Waals surface area contributed by atoms with Crippen LogP contribution < -0.4 is 4.90 Å². The van der Waals surface area contributed by atoms with Gasteiger partial charge in [-0.05, 0) is 56.2 Å². The topological polar surface area (TPSA) is 71.9 Å². The van der Waals surface area contributed by atoms with Gasteiger partial charge in [0.25, 0.3) is 0 Å². The number of esters is 1. The Morgan fingerprint density at radius 2 is 1.90 bits per heavy atom. The summed E-state index contributed by atoms with van der Waals surface area (Å²) in [4.78, 5) is 35.2. The molecule has 31 heavy (non-hydrogen) atoms. The predicted molar refractivity (Wildman–Crippen MR) is 123 cm³/mol. The molecular formula is C24H21N3O3S. The summed E-state index contributed by atoms with van der Waals surface area (Å²) in [5.41, 5.74) is 5.41. The first kappa shape index (κ1) is 20.7. The van der Waals surface area contributed by atoms with Crippen LogP contribution in [0.1, 0.15) is 34.9 Å². The first-order valence-corrected chi connectivity index (χ1v) is 10.6. The van der Waals surface area contributed by atoms with Crippen molar-refractivity contribution in [1.29, 1.82) is 0 Å². The quantitative estimate of drug-likeness (QED) is 0.426. The molecule has 0 radical (unpaired) electrons. The van der Waals surface area contributed by atoms with Gasteiger partial charge in [0.05, 0.1) is 11.4 Å². The zero-order chi connectivity index (χ0) is 22.1. The highest BCUT2D eigenvalue weighted by atomic mass is 32.1. The number of rotatable bonds is 4. The summed E-state index contributed by atoms with van der Waals surface area (Å²) in [7, 11) is 0. The van der Waals surface area contributed by atoms with Crippen molar-refractivity contribution in [2.24, 2.45) is 4.99 Å². The Balaban J connectivity index is 1.66. The van der Waals surface area contributed by atoms with E-state index in [-0.39, 0.29) is 17.5 Å². The van der Waals surface area contributed by atoms with Crippen molar-refractivity contribution in [2.45, 2.75) is 27.7 Å². The SMILES string of the molecule is CC(=O)N(c1nc(/C=C2/N=C(c3cccc(C)c3)OC2=O)cs1)c1cccc(C)c1C. The minimum absolute atomic E-state index is 0.137. The Hall–Kier alpha value is -3.58. The van der Waals surface area contributed by atoms with E-state index in [2.05, 4.69) is 9.98 Å². The first-order chi connectivity index (χ1) is 14.8. The van der Waals surface area contributed by atoms with Gasteiger partial charge in [-0.1, -0.05) is 29.8 Å². The van der Waals surface area contributed by atoms with E-state index < -0.39 is 5.97 Å². The van der Waals surface area contributed by atoms with Crippen LogP contribution >= 0.6 is 11.3 Å². The lowest BCUT2D eigenvalue weighted by atomic mass is 10.1. The van der Waals surface area contributed by atoms with Crippen LogP contribution in [-0.4, -0.2) is 22.8 Å². The number of nitrogens with zero attached hydrogens (tertiary/aromatic N) is 3. The molecule has 0 aliphatic carbocycles. The van der Waals surface area contributed by atoms with Crippen molar-refractivity contribution in [2.75, 3.05) is 4.90 Å². The highest BCUT2D eigenvalue weighted by Gasteiger charge is 2.25. The zero-order valence-corrected chi connectivity index (χ0v) is 18.5. The van der Waals surface area contributed by atoms with Crippen molar-refractivity contribution in [3.8, 4) is 0 Å². The summed E-state index contributed by atoms with van der Waals surface area (Å²) in [6.07, 6.45) is 1.58. The number of anilines is 2. The molecule has 4 rings (SSSR count). The molecule has 0 bridgehead atoms. The number of aliphatic imine (C=N–C) groups is 1. The van der Waals surface area contributed by atoms with Crippen LogP contribution in [0.3, 0.4) is 0 Å². The Labute approximate surface area is 184 Å². The van der Waals surface area contributed by atoms with Crippen LogP contribution in [0, 0.1) is 20.8 Å². The van der Waals surface area contributed by atoms with Gasteiger partial charge < -0.3 is 4.74 Å². The molecule has 0 saturated heterocycles. The first-order valence-electron chi connectivity index (χ1n) is 9.75. The van der Waals surface area contributed by atoms with E-state index in [4.69, 9.17) is 4.74 Å². The highest BCUT2D eigenvalue weighted by Crippen LogP contribution is 2.33. The molecule has 2 heterocycles. The maximum atomic E-state index is 12.4. The Morgan fingerprint density at radius 3 is 2.65 bits per heavy atom. The van der Waals surface area contributed by atoms with Crippen LogP contribution in [0.25, 0.3) is 6.08 Å². The van der Waals surface area contributed by atoms with E-state index in [9.17, 15) is 9.59 Å². The standard InChI is InChI=1S/C24H21N3O3S/c1-14-7-5-9-18(11-14)22-26-20(23(29)30-22)12-19-13-31-24(25-19)27(17(4)28)21-10-6-8-15(2)16(21)3/h5-13H,1-4H3/b20-12+. The normalized spacial score (nSPS) is 14.5. The number of aromatic nitrogens is 1. The molecule has 3 aromatic rings. The summed E-state index contributed by atoms with van der Waals surface area (Å²) in [5.74, 6) is -0.387. The van der Waals surface area contributed by atoms with E-state index >= 15 is 0 Å². The van der Waals surface area contributed by atoms with Gasteiger partial charge in [0.2, 0.25) is 11.8 Å². The number of thiazole rings is 1. The van der Waals surface area contributed by atoms with Gasteiger partial charge in [0.15, 0.2) is 10.8 Å². The van der Waals surface area contributed by atoms with Crippen molar-refractivity contribution in [3.05, 3.63) is 81.5 Å². The van der Waals surface area contributed by atoms with Gasteiger partial charge in [-0.3, -0.25) is 9.69 Å². The molecule has 1 aromatic heterocycles. The highest BCUT2D eigenvalue weighted by molar-refractivity contribution is 7.14. The summed E-state index contributed by atoms with van der Waals surface area (Å²) in [5, 5.41) is 2.32. The van der Waals surface area contributed by atoms with Gasteiger partial charge in [-0.15, -0.1) is 11.3 Å². The minimum Gasteiger partial charge on any atom is -0.402 e. The third-order valence-corrected chi connectivity index (χ3v) is 5.85. The number of ether oxygens (including phenoxy) is 1. The third-order valence-electron chi connectivity index (χ3n) is 5.00. The Bertz CT molecular complexity index is 1260. The summed E-state index contributed by atoms with van der Waals surface area (Å²) in [6, 6.07) is 13.4. The Kier molecular flexibility index (Phi) is 5.52. The molecule has 1 aliphatic heterocycles.